The van der Waals surface area contributed by atoms with Crippen LogP contribution >= 0.6 is 0 Å². The van der Waals surface area contributed by atoms with Gasteiger partial charge in [-0.15, -0.1) is 0 Å². The van der Waals surface area contributed by atoms with E-state index in [1.54, 1.807) is 0 Å². The standard InChI is InChI=1S/C9H10O.K.H/c1-2-6-9-8(4-1)5-3-7-10-9;;/h1-2,4,6H,3,5,7H2;;/q;+1;-1. The second-order valence-corrected chi connectivity index (χ2v) is 2.56. The van der Waals surface area contributed by atoms with Crippen LogP contribution in [0.5, 0.6) is 5.75 Å². The Labute approximate surface area is 111 Å². The molecule has 0 amide bonds. The van der Waals surface area contributed by atoms with Crippen LogP contribution in [0, 0.1) is 0 Å². The smallest absolute Gasteiger partial charge is 1.00 e. The first-order valence-corrected chi connectivity index (χ1v) is 3.67. The normalized spacial score (nSPS) is 14.2. The summed E-state index contributed by atoms with van der Waals surface area (Å²) < 4.78 is 5.42. The van der Waals surface area contributed by atoms with E-state index in [-0.39, 0.29) is 52.8 Å². The van der Waals surface area contributed by atoms with Gasteiger partial charge in [-0.1, -0.05) is 18.2 Å². The fourth-order valence-electron chi connectivity index (χ4n) is 1.30. The number of benzene rings is 1. The molecule has 0 aromatic heterocycles. The molecule has 2 heteroatoms. The van der Waals surface area contributed by atoms with Crippen LogP contribution in [0.25, 0.3) is 0 Å². The van der Waals surface area contributed by atoms with E-state index in [0.29, 0.717) is 0 Å². The summed E-state index contributed by atoms with van der Waals surface area (Å²) in [6, 6.07) is 8.25. The van der Waals surface area contributed by atoms with E-state index in [4.69, 9.17) is 4.74 Å². The molecule has 0 saturated carbocycles. The molecule has 0 radical (unpaired) electrons. The van der Waals surface area contributed by atoms with Gasteiger partial charge in [-0.25, -0.2) is 0 Å². The van der Waals surface area contributed by atoms with Gasteiger partial charge in [0.2, 0.25) is 0 Å². The van der Waals surface area contributed by atoms with Crippen molar-refractivity contribution in [3.63, 3.8) is 0 Å². The van der Waals surface area contributed by atoms with Crippen LogP contribution in [0.3, 0.4) is 0 Å². The van der Waals surface area contributed by atoms with Crippen molar-refractivity contribution < 1.29 is 57.5 Å². The first kappa shape index (κ1) is 9.74. The van der Waals surface area contributed by atoms with Crippen molar-refractivity contribution in [3.8, 4) is 5.75 Å². The van der Waals surface area contributed by atoms with Gasteiger partial charge < -0.3 is 6.16 Å². The predicted molar refractivity (Wildman–Crippen MR) is 41.4 cm³/mol. The van der Waals surface area contributed by atoms with Crippen LogP contribution in [0.1, 0.15) is 13.4 Å². The molecule has 0 bridgehead atoms. The minimum atomic E-state index is 0. The van der Waals surface area contributed by atoms with Crippen molar-refractivity contribution in [3.05, 3.63) is 29.8 Å². The van der Waals surface area contributed by atoms with Gasteiger partial charge in [0.1, 0.15) is 5.75 Å². The van der Waals surface area contributed by atoms with Crippen LogP contribution in [-0.2, 0) is 6.42 Å². The number of ether oxygens (including phenoxy) is 1. The Morgan fingerprint density at radius 3 is 2.91 bits per heavy atom. The zero-order valence-corrected chi connectivity index (χ0v) is 9.96. The monoisotopic (exact) mass is 174 g/mol. The minimum absolute atomic E-state index is 0. The molecule has 11 heavy (non-hydrogen) atoms. The van der Waals surface area contributed by atoms with Crippen LogP contribution in [0.2, 0.25) is 0 Å². The molecule has 1 aliphatic rings. The quantitative estimate of drug-likeness (QED) is 0.465. The maximum Gasteiger partial charge on any atom is 1.00 e. The predicted octanol–water partition coefficient (Wildman–Crippen LogP) is -0.872. The topological polar surface area (TPSA) is 9.23 Å². The van der Waals surface area contributed by atoms with Crippen LogP contribution in [0.4, 0.5) is 0 Å². The molecule has 1 nitrogen and oxygen atoms in total. The first-order valence-electron chi connectivity index (χ1n) is 3.67. The third-order valence-electron chi connectivity index (χ3n) is 1.82. The summed E-state index contributed by atoms with van der Waals surface area (Å²) in [6.45, 7) is 0.886. The van der Waals surface area contributed by atoms with Gasteiger partial charge in [0.05, 0.1) is 6.61 Å². The van der Waals surface area contributed by atoms with Gasteiger partial charge in [0.25, 0.3) is 0 Å². The summed E-state index contributed by atoms with van der Waals surface area (Å²) in [5.74, 6) is 1.08. The van der Waals surface area contributed by atoms with Gasteiger partial charge in [0, 0.05) is 0 Å². The van der Waals surface area contributed by atoms with Crippen molar-refractivity contribution in [1.29, 1.82) is 0 Å². The van der Waals surface area contributed by atoms with Crippen molar-refractivity contribution in [1.82, 2.24) is 0 Å². The van der Waals surface area contributed by atoms with E-state index < -0.39 is 0 Å². The summed E-state index contributed by atoms with van der Waals surface area (Å²) in [7, 11) is 0. The summed E-state index contributed by atoms with van der Waals surface area (Å²) in [5, 5.41) is 0. The van der Waals surface area contributed by atoms with Gasteiger partial charge in [0.15, 0.2) is 0 Å². The molecule has 1 aliphatic heterocycles. The van der Waals surface area contributed by atoms with Crippen molar-refractivity contribution >= 4 is 0 Å². The molecular formula is C9H11KO. The molecule has 2 rings (SSSR count). The molecule has 0 saturated heterocycles. The molecule has 1 aromatic rings. The second-order valence-electron chi connectivity index (χ2n) is 2.56. The van der Waals surface area contributed by atoms with E-state index in [1.165, 1.54) is 12.0 Å². The average Bonchev–Trinajstić information content (AvgIpc) is 2.05. The zero-order chi connectivity index (χ0) is 6.81. The summed E-state index contributed by atoms with van der Waals surface area (Å²) in [5.41, 5.74) is 1.36. The van der Waals surface area contributed by atoms with Crippen LogP contribution in [0.15, 0.2) is 24.3 Å². The number of aryl methyl sites for hydroxylation is 1. The van der Waals surface area contributed by atoms with E-state index in [9.17, 15) is 0 Å². The molecule has 0 fully saturated rings. The van der Waals surface area contributed by atoms with Crippen molar-refractivity contribution in [2.24, 2.45) is 0 Å². The Morgan fingerprint density at radius 1 is 1.27 bits per heavy atom. The molecule has 0 atom stereocenters. The molecular weight excluding hydrogens is 163 g/mol. The van der Waals surface area contributed by atoms with Crippen LogP contribution < -0.4 is 56.1 Å². The molecule has 0 aliphatic carbocycles. The molecule has 1 heterocycles. The van der Waals surface area contributed by atoms with Gasteiger partial charge in [-0.3, -0.25) is 0 Å². The maximum absolute atomic E-state index is 5.42. The molecule has 0 spiro atoms. The SMILES string of the molecule is [H-].[K+].c1ccc2c(c1)CCCO2. The minimum Gasteiger partial charge on any atom is -1.00 e. The fourth-order valence-corrected chi connectivity index (χ4v) is 1.30. The van der Waals surface area contributed by atoms with E-state index >= 15 is 0 Å². The Balaban J connectivity index is 0.000000605. The Bertz CT molecular complexity index is 215. The van der Waals surface area contributed by atoms with E-state index in [2.05, 4.69) is 12.1 Å². The third kappa shape index (κ3) is 2.29. The Kier molecular flexibility index (Phi) is 4.10. The number of hydrogen-bond donors (Lipinski definition) is 0. The molecule has 1 aromatic carbocycles. The number of hydrogen-bond acceptors (Lipinski definition) is 1. The molecule has 0 N–H and O–H groups in total. The molecule has 0 unspecified atom stereocenters. The van der Waals surface area contributed by atoms with Crippen molar-refractivity contribution in [2.75, 3.05) is 6.61 Å². The number of para-hydroxylation sites is 1. The van der Waals surface area contributed by atoms with Gasteiger partial charge in [-0.05, 0) is 24.5 Å². The zero-order valence-electron chi connectivity index (χ0n) is 7.84. The average molecular weight is 174 g/mol. The second kappa shape index (κ2) is 4.63. The van der Waals surface area contributed by atoms with E-state index in [0.717, 1.165) is 18.8 Å². The number of rotatable bonds is 0. The van der Waals surface area contributed by atoms with Gasteiger partial charge >= 0.3 is 51.4 Å². The number of fused-ring (bicyclic) bond motifs is 1. The fraction of sp³-hybridized carbons (Fsp3) is 0.333. The largest absolute Gasteiger partial charge is 1.00 e. The summed E-state index contributed by atoms with van der Waals surface area (Å²) in [4.78, 5) is 0. The Morgan fingerprint density at radius 2 is 2.09 bits per heavy atom. The van der Waals surface area contributed by atoms with Crippen LogP contribution in [-0.4, -0.2) is 6.61 Å². The summed E-state index contributed by atoms with van der Waals surface area (Å²) >= 11 is 0. The van der Waals surface area contributed by atoms with Gasteiger partial charge in [-0.2, -0.15) is 0 Å². The Hall–Kier alpha value is 0.656. The first-order chi connectivity index (χ1) is 4.97. The van der Waals surface area contributed by atoms with E-state index in [1.807, 2.05) is 12.1 Å². The third-order valence-corrected chi connectivity index (χ3v) is 1.82. The summed E-state index contributed by atoms with van der Waals surface area (Å²) in [6.07, 6.45) is 2.34. The van der Waals surface area contributed by atoms with Crippen molar-refractivity contribution in [2.45, 2.75) is 12.8 Å². The molecule has 54 valence electrons. The maximum atomic E-state index is 5.42.